The predicted octanol–water partition coefficient (Wildman–Crippen LogP) is 9.35. The standard InChI is InChI=1S/C28H8Cl8N2O6S/c29-16-12-13(17(30)21(34)20(16)33)26(40)37(25(12)39)10-7-4-8-11(45(43,44)9-5-2-1-3-6-9)24(10)38-27(41)14-15(28(38)42)19(32)23(36)22(35)18(14)31/h1-8H. The molecule has 0 radical (unpaired) electrons. The van der Waals surface area contributed by atoms with Crippen LogP contribution >= 0.6 is 92.8 Å². The minimum absolute atomic E-state index is 0.242. The maximum absolute atomic E-state index is 14.1. The van der Waals surface area contributed by atoms with Crippen LogP contribution in [0.4, 0.5) is 11.4 Å². The fourth-order valence-electron chi connectivity index (χ4n) is 4.98. The third-order valence-corrected chi connectivity index (χ3v) is 12.4. The topological polar surface area (TPSA) is 109 Å². The van der Waals surface area contributed by atoms with E-state index >= 15 is 0 Å². The third-order valence-electron chi connectivity index (χ3n) is 6.99. The van der Waals surface area contributed by atoms with E-state index in [2.05, 4.69) is 0 Å². The second-order valence-electron chi connectivity index (χ2n) is 9.34. The summed E-state index contributed by atoms with van der Waals surface area (Å²) >= 11 is 49.9. The van der Waals surface area contributed by atoms with E-state index in [4.69, 9.17) is 92.8 Å². The molecule has 0 unspecified atom stereocenters. The molecule has 8 nitrogen and oxygen atoms in total. The molecule has 0 fully saturated rings. The summed E-state index contributed by atoms with van der Waals surface area (Å²) < 4.78 is 28.2. The maximum Gasteiger partial charge on any atom is 0.267 e. The molecule has 4 aromatic rings. The Morgan fingerprint density at radius 2 is 0.822 bits per heavy atom. The van der Waals surface area contributed by atoms with Crippen molar-refractivity contribution in [3.8, 4) is 0 Å². The molecule has 0 aliphatic carbocycles. The van der Waals surface area contributed by atoms with Gasteiger partial charge in [0.2, 0.25) is 9.84 Å². The molecule has 6 rings (SSSR count). The number of benzene rings is 4. The number of nitrogens with zero attached hydrogens (tertiary/aromatic N) is 2. The lowest BCUT2D eigenvalue weighted by Gasteiger charge is -2.25. The Morgan fingerprint density at radius 1 is 0.444 bits per heavy atom. The van der Waals surface area contributed by atoms with Gasteiger partial charge in [-0.1, -0.05) is 117 Å². The van der Waals surface area contributed by atoms with Crippen LogP contribution < -0.4 is 9.80 Å². The summed E-state index contributed by atoms with van der Waals surface area (Å²) in [5.41, 5.74) is -3.04. The van der Waals surface area contributed by atoms with Crippen LogP contribution in [0, 0.1) is 0 Å². The Kier molecular flexibility index (Phi) is 8.13. The van der Waals surface area contributed by atoms with Crippen molar-refractivity contribution in [2.24, 2.45) is 0 Å². The minimum Gasteiger partial charge on any atom is -0.268 e. The van der Waals surface area contributed by atoms with E-state index < -0.39 is 92.1 Å². The molecule has 2 aliphatic heterocycles. The lowest BCUT2D eigenvalue weighted by Crippen LogP contribution is -2.36. The highest BCUT2D eigenvalue weighted by Gasteiger charge is 2.49. The summed E-state index contributed by atoms with van der Waals surface area (Å²) in [5, 5.41) is -2.98. The van der Waals surface area contributed by atoms with Crippen molar-refractivity contribution in [2.45, 2.75) is 9.79 Å². The molecule has 4 aromatic carbocycles. The Morgan fingerprint density at radius 3 is 1.22 bits per heavy atom. The molecule has 0 atom stereocenters. The molecule has 0 N–H and O–H groups in total. The zero-order valence-corrected chi connectivity index (χ0v) is 28.3. The number of carbonyl (C=O) groups excluding carboxylic acids is 4. The zero-order chi connectivity index (χ0) is 32.9. The monoisotopic (exact) mass is 780 g/mol. The Hall–Kier alpha value is -2.57. The molecule has 17 heteroatoms. The number of sulfone groups is 1. The average Bonchev–Trinajstić information content (AvgIpc) is 3.44. The predicted molar refractivity (Wildman–Crippen MR) is 174 cm³/mol. The van der Waals surface area contributed by atoms with Gasteiger partial charge in [0.15, 0.2) is 0 Å². The van der Waals surface area contributed by atoms with Crippen molar-refractivity contribution < 1.29 is 27.6 Å². The molecule has 4 amide bonds. The van der Waals surface area contributed by atoms with Gasteiger partial charge in [0, 0.05) is 0 Å². The summed E-state index contributed by atoms with van der Waals surface area (Å²) in [6, 6.07) is 10.4. The summed E-state index contributed by atoms with van der Waals surface area (Å²) in [6.07, 6.45) is 0. The van der Waals surface area contributed by atoms with Gasteiger partial charge in [-0.3, -0.25) is 19.2 Å². The van der Waals surface area contributed by atoms with E-state index in [1.165, 1.54) is 30.3 Å². The van der Waals surface area contributed by atoms with Gasteiger partial charge in [-0.05, 0) is 24.3 Å². The molecule has 0 bridgehead atoms. The van der Waals surface area contributed by atoms with E-state index in [1.54, 1.807) is 6.07 Å². The van der Waals surface area contributed by atoms with Crippen molar-refractivity contribution in [2.75, 3.05) is 9.80 Å². The molecule has 2 aliphatic rings. The van der Waals surface area contributed by atoms with Crippen LogP contribution in [0.15, 0.2) is 58.3 Å². The number of carbonyl (C=O) groups is 4. The van der Waals surface area contributed by atoms with Gasteiger partial charge in [-0.25, -0.2) is 18.2 Å². The first-order valence-corrected chi connectivity index (χ1v) is 16.6. The van der Waals surface area contributed by atoms with Crippen LogP contribution in [0.1, 0.15) is 41.4 Å². The number of imide groups is 2. The highest BCUT2D eigenvalue weighted by molar-refractivity contribution is 7.91. The summed E-state index contributed by atoms with van der Waals surface area (Å²) in [7, 11) is -4.57. The fourth-order valence-corrected chi connectivity index (χ4v) is 8.49. The summed E-state index contributed by atoms with van der Waals surface area (Å²) in [4.78, 5) is 55.8. The normalized spacial score (nSPS) is 14.5. The number of halogens is 8. The van der Waals surface area contributed by atoms with E-state index in [1.807, 2.05) is 0 Å². The molecule has 2 heterocycles. The van der Waals surface area contributed by atoms with Crippen LogP contribution in [0.3, 0.4) is 0 Å². The second-order valence-corrected chi connectivity index (χ2v) is 14.3. The molecule has 0 saturated carbocycles. The molecular weight excluding hydrogens is 776 g/mol. The third kappa shape index (κ3) is 4.52. The van der Waals surface area contributed by atoms with Crippen molar-refractivity contribution >= 4 is 138 Å². The van der Waals surface area contributed by atoms with E-state index in [-0.39, 0.29) is 25.0 Å². The number of para-hydroxylation sites is 1. The van der Waals surface area contributed by atoms with Gasteiger partial charge in [0.1, 0.15) is 0 Å². The van der Waals surface area contributed by atoms with E-state index in [0.29, 0.717) is 9.80 Å². The van der Waals surface area contributed by atoms with Crippen LogP contribution in [-0.2, 0) is 9.84 Å². The van der Waals surface area contributed by atoms with Crippen LogP contribution in [-0.4, -0.2) is 32.0 Å². The SMILES string of the molecule is O=C1c2c(Cl)c(Cl)c(Cl)c(Cl)c2C(=O)N1c1cccc(S(=O)(=O)c2ccccc2)c1N1C(=O)c2c(Cl)c(Cl)c(Cl)c(Cl)c2C1=O. The van der Waals surface area contributed by atoms with Crippen molar-refractivity contribution in [1.82, 2.24) is 0 Å². The van der Waals surface area contributed by atoms with E-state index in [0.717, 1.165) is 12.1 Å². The van der Waals surface area contributed by atoms with Gasteiger partial charge in [0.25, 0.3) is 23.6 Å². The van der Waals surface area contributed by atoms with Crippen LogP contribution in [0.2, 0.25) is 40.2 Å². The molecule has 45 heavy (non-hydrogen) atoms. The van der Waals surface area contributed by atoms with Crippen LogP contribution in [0.5, 0.6) is 0 Å². The molecule has 0 spiro atoms. The number of rotatable bonds is 4. The molecule has 228 valence electrons. The fraction of sp³-hybridized carbons (Fsp3) is 0. The largest absolute Gasteiger partial charge is 0.268 e. The van der Waals surface area contributed by atoms with Gasteiger partial charge < -0.3 is 0 Å². The molecular formula is C28H8Cl8N2O6S. The number of hydrogen-bond donors (Lipinski definition) is 0. The van der Waals surface area contributed by atoms with Gasteiger partial charge in [-0.15, -0.1) is 0 Å². The van der Waals surface area contributed by atoms with E-state index in [9.17, 15) is 27.6 Å². The zero-order valence-electron chi connectivity index (χ0n) is 21.4. The Labute approximate surface area is 293 Å². The van der Waals surface area contributed by atoms with Gasteiger partial charge in [0.05, 0.1) is 83.6 Å². The first-order valence-electron chi connectivity index (χ1n) is 12.1. The Bertz CT molecular complexity index is 2120. The summed E-state index contributed by atoms with van der Waals surface area (Å²) in [5.74, 6) is -4.54. The van der Waals surface area contributed by atoms with Gasteiger partial charge in [-0.2, -0.15) is 0 Å². The van der Waals surface area contributed by atoms with Crippen molar-refractivity contribution in [3.05, 3.63) is 111 Å². The highest BCUT2D eigenvalue weighted by atomic mass is 35.5. The maximum atomic E-state index is 14.1. The molecule has 0 saturated heterocycles. The molecule has 0 aromatic heterocycles. The first kappa shape index (κ1) is 32.4. The lowest BCUT2D eigenvalue weighted by molar-refractivity contribution is 0.0903. The van der Waals surface area contributed by atoms with Crippen molar-refractivity contribution in [1.29, 1.82) is 0 Å². The number of anilines is 2. The smallest absolute Gasteiger partial charge is 0.267 e. The van der Waals surface area contributed by atoms with Crippen LogP contribution in [0.25, 0.3) is 0 Å². The highest BCUT2D eigenvalue weighted by Crippen LogP contribution is 2.51. The van der Waals surface area contributed by atoms with Gasteiger partial charge >= 0.3 is 0 Å². The first-order chi connectivity index (χ1) is 21.1. The number of amides is 4. The quantitative estimate of drug-likeness (QED) is 0.116. The average molecular weight is 784 g/mol. The lowest BCUT2D eigenvalue weighted by atomic mass is 10.1. The number of fused-ring (bicyclic) bond motifs is 2. The van der Waals surface area contributed by atoms with Crippen molar-refractivity contribution in [3.63, 3.8) is 0 Å². The number of hydrogen-bond acceptors (Lipinski definition) is 6. The second kappa shape index (κ2) is 11.3. The minimum atomic E-state index is -4.57. The summed E-state index contributed by atoms with van der Waals surface area (Å²) in [6.45, 7) is 0. The Balaban J connectivity index is 1.68.